The zero-order valence-electron chi connectivity index (χ0n) is 12.7. The minimum atomic E-state index is -4.08. The van der Waals surface area contributed by atoms with Gasteiger partial charge in [-0.15, -0.1) is 0 Å². The van der Waals surface area contributed by atoms with Gasteiger partial charge in [0.1, 0.15) is 0 Å². The highest BCUT2D eigenvalue weighted by Crippen LogP contribution is 2.17. The summed E-state index contributed by atoms with van der Waals surface area (Å²) in [6, 6.07) is 0. The standard InChI is InChI=1S/C14H29F3N2/c1-5-10-19(12-14(15,16)17)11-8-6-7-9-18-13(2,3)4/h18H,5-12H2,1-4H3. The van der Waals surface area contributed by atoms with E-state index in [4.69, 9.17) is 0 Å². The van der Waals surface area contributed by atoms with Gasteiger partial charge >= 0.3 is 6.18 Å². The van der Waals surface area contributed by atoms with Crippen LogP contribution in [0.3, 0.4) is 0 Å². The van der Waals surface area contributed by atoms with Crippen LogP contribution in [0.5, 0.6) is 0 Å². The normalized spacial score (nSPS) is 13.3. The average molecular weight is 282 g/mol. The van der Waals surface area contributed by atoms with Crippen molar-refractivity contribution in [2.75, 3.05) is 26.2 Å². The molecule has 0 unspecified atom stereocenters. The first kappa shape index (κ1) is 18.7. The third-order valence-corrected chi connectivity index (χ3v) is 2.75. The van der Waals surface area contributed by atoms with Crippen LogP contribution in [0.25, 0.3) is 0 Å². The molecule has 2 nitrogen and oxygen atoms in total. The van der Waals surface area contributed by atoms with Gasteiger partial charge in [-0.2, -0.15) is 13.2 Å². The summed E-state index contributed by atoms with van der Waals surface area (Å²) in [5, 5.41) is 3.38. The van der Waals surface area contributed by atoms with Crippen molar-refractivity contribution in [3.8, 4) is 0 Å². The lowest BCUT2D eigenvalue weighted by Crippen LogP contribution is -2.37. The number of nitrogens with zero attached hydrogens (tertiary/aromatic N) is 1. The zero-order chi connectivity index (χ0) is 14.9. The lowest BCUT2D eigenvalue weighted by molar-refractivity contribution is -0.146. The highest BCUT2D eigenvalue weighted by Gasteiger charge is 2.29. The number of hydrogen-bond donors (Lipinski definition) is 1. The molecule has 5 heteroatoms. The monoisotopic (exact) mass is 282 g/mol. The molecule has 0 aromatic rings. The van der Waals surface area contributed by atoms with Gasteiger partial charge in [0.15, 0.2) is 0 Å². The Morgan fingerprint density at radius 1 is 0.947 bits per heavy atom. The van der Waals surface area contributed by atoms with Gasteiger partial charge in [-0.1, -0.05) is 13.3 Å². The maximum Gasteiger partial charge on any atom is 0.401 e. The highest BCUT2D eigenvalue weighted by atomic mass is 19.4. The quantitative estimate of drug-likeness (QED) is 0.647. The van der Waals surface area contributed by atoms with Gasteiger partial charge in [0.2, 0.25) is 0 Å². The van der Waals surface area contributed by atoms with E-state index >= 15 is 0 Å². The van der Waals surface area contributed by atoms with Crippen LogP contribution in [0, 0.1) is 0 Å². The molecule has 0 aliphatic carbocycles. The van der Waals surface area contributed by atoms with E-state index in [2.05, 4.69) is 26.1 Å². The number of nitrogens with one attached hydrogen (secondary N) is 1. The van der Waals surface area contributed by atoms with Crippen molar-refractivity contribution in [2.45, 2.75) is 65.1 Å². The van der Waals surface area contributed by atoms with Crippen molar-refractivity contribution >= 4 is 0 Å². The third-order valence-electron chi connectivity index (χ3n) is 2.75. The van der Waals surface area contributed by atoms with Crippen LogP contribution in [0.2, 0.25) is 0 Å². The Morgan fingerprint density at radius 2 is 1.58 bits per heavy atom. The van der Waals surface area contributed by atoms with E-state index in [1.165, 1.54) is 4.90 Å². The molecule has 0 aliphatic heterocycles. The molecule has 0 amide bonds. The molecular formula is C14H29F3N2. The number of hydrogen-bond acceptors (Lipinski definition) is 2. The van der Waals surface area contributed by atoms with E-state index < -0.39 is 12.7 Å². The molecule has 1 N–H and O–H groups in total. The molecule has 0 bridgehead atoms. The lowest BCUT2D eigenvalue weighted by Gasteiger charge is -2.23. The average Bonchev–Trinajstić information content (AvgIpc) is 2.19. The fourth-order valence-corrected chi connectivity index (χ4v) is 1.94. The third kappa shape index (κ3) is 13.9. The zero-order valence-corrected chi connectivity index (χ0v) is 12.7. The molecule has 0 aromatic carbocycles. The fourth-order valence-electron chi connectivity index (χ4n) is 1.94. The molecule has 0 fully saturated rings. The molecule has 0 saturated heterocycles. The van der Waals surface area contributed by atoms with Crippen molar-refractivity contribution in [1.82, 2.24) is 10.2 Å². The molecule has 0 aromatic heterocycles. The summed E-state index contributed by atoms with van der Waals surface area (Å²) in [7, 11) is 0. The van der Waals surface area contributed by atoms with Crippen LogP contribution in [-0.2, 0) is 0 Å². The van der Waals surface area contributed by atoms with Crippen molar-refractivity contribution in [3.05, 3.63) is 0 Å². The maximum atomic E-state index is 12.3. The molecule has 0 rings (SSSR count). The molecule has 19 heavy (non-hydrogen) atoms. The van der Waals surface area contributed by atoms with E-state index in [0.717, 1.165) is 32.2 Å². The van der Waals surface area contributed by atoms with Crippen molar-refractivity contribution < 1.29 is 13.2 Å². The largest absolute Gasteiger partial charge is 0.401 e. The van der Waals surface area contributed by atoms with Gasteiger partial charge in [-0.3, -0.25) is 4.90 Å². The van der Waals surface area contributed by atoms with E-state index in [-0.39, 0.29) is 5.54 Å². The number of halogens is 3. The van der Waals surface area contributed by atoms with E-state index in [1.54, 1.807) is 0 Å². The van der Waals surface area contributed by atoms with Crippen LogP contribution in [0.4, 0.5) is 13.2 Å². The Morgan fingerprint density at radius 3 is 2.05 bits per heavy atom. The number of alkyl halides is 3. The Kier molecular flexibility index (Phi) is 8.66. The SMILES string of the molecule is CCCN(CCCCCNC(C)(C)C)CC(F)(F)F. The van der Waals surface area contributed by atoms with Crippen LogP contribution in [0.15, 0.2) is 0 Å². The molecule has 0 spiro atoms. The lowest BCUT2D eigenvalue weighted by atomic mass is 10.1. The van der Waals surface area contributed by atoms with Crippen LogP contribution in [-0.4, -0.2) is 42.8 Å². The molecule has 0 radical (unpaired) electrons. The minimum absolute atomic E-state index is 0.116. The summed E-state index contributed by atoms with van der Waals surface area (Å²) < 4.78 is 37.0. The molecule has 0 saturated carbocycles. The van der Waals surface area contributed by atoms with Gasteiger partial charge in [0.25, 0.3) is 0 Å². The molecule has 0 heterocycles. The van der Waals surface area contributed by atoms with Gasteiger partial charge in [-0.25, -0.2) is 0 Å². The molecule has 116 valence electrons. The summed E-state index contributed by atoms with van der Waals surface area (Å²) in [4.78, 5) is 1.51. The number of rotatable bonds is 9. The smallest absolute Gasteiger partial charge is 0.312 e. The predicted molar refractivity (Wildman–Crippen MR) is 74.4 cm³/mol. The summed E-state index contributed by atoms with van der Waals surface area (Å²) >= 11 is 0. The topological polar surface area (TPSA) is 15.3 Å². The first-order valence-corrected chi connectivity index (χ1v) is 7.18. The summed E-state index contributed by atoms with van der Waals surface area (Å²) in [6.07, 6.45) is -0.489. The number of unbranched alkanes of at least 4 members (excludes halogenated alkanes) is 2. The second-order valence-electron chi connectivity index (χ2n) is 6.13. The van der Waals surface area contributed by atoms with Gasteiger partial charge in [0.05, 0.1) is 6.54 Å². The molecular weight excluding hydrogens is 253 g/mol. The Balaban J connectivity index is 3.70. The van der Waals surface area contributed by atoms with Gasteiger partial charge in [-0.05, 0) is 59.7 Å². The first-order chi connectivity index (χ1) is 8.64. The van der Waals surface area contributed by atoms with Gasteiger partial charge in [0, 0.05) is 5.54 Å². The van der Waals surface area contributed by atoms with Crippen LogP contribution < -0.4 is 5.32 Å². The maximum absolute atomic E-state index is 12.3. The van der Waals surface area contributed by atoms with Crippen molar-refractivity contribution in [1.29, 1.82) is 0 Å². The predicted octanol–water partition coefficient (Wildman–Crippen LogP) is 3.82. The van der Waals surface area contributed by atoms with Gasteiger partial charge < -0.3 is 5.32 Å². The Bertz CT molecular complexity index is 222. The van der Waals surface area contributed by atoms with E-state index in [1.807, 2.05) is 6.92 Å². The van der Waals surface area contributed by atoms with Crippen LogP contribution >= 0.6 is 0 Å². The molecule has 0 aliphatic rings. The van der Waals surface area contributed by atoms with Crippen molar-refractivity contribution in [3.63, 3.8) is 0 Å². The summed E-state index contributed by atoms with van der Waals surface area (Å²) in [5.74, 6) is 0. The minimum Gasteiger partial charge on any atom is -0.312 e. The Hall–Kier alpha value is -0.290. The second kappa shape index (κ2) is 8.80. The van der Waals surface area contributed by atoms with E-state index in [0.29, 0.717) is 13.1 Å². The highest BCUT2D eigenvalue weighted by molar-refractivity contribution is 4.70. The summed E-state index contributed by atoms with van der Waals surface area (Å²) in [6.45, 7) is 9.47. The second-order valence-corrected chi connectivity index (χ2v) is 6.13. The van der Waals surface area contributed by atoms with E-state index in [9.17, 15) is 13.2 Å². The summed E-state index contributed by atoms with van der Waals surface area (Å²) in [5.41, 5.74) is 0.116. The van der Waals surface area contributed by atoms with Crippen molar-refractivity contribution in [2.24, 2.45) is 0 Å². The fraction of sp³-hybridized carbons (Fsp3) is 1.00. The Labute approximate surface area is 115 Å². The first-order valence-electron chi connectivity index (χ1n) is 7.18. The molecule has 0 atom stereocenters. The van der Waals surface area contributed by atoms with Crippen LogP contribution in [0.1, 0.15) is 53.4 Å².